The van der Waals surface area contributed by atoms with Crippen molar-refractivity contribution in [2.45, 2.75) is 63.1 Å². The zero-order chi connectivity index (χ0) is 39.0. The van der Waals surface area contributed by atoms with Crippen LogP contribution in [-0.4, -0.2) is 130 Å². The quantitative estimate of drug-likeness (QED) is 0.162. The van der Waals surface area contributed by atoms with Crippen molar-refractivity contribution in [1.29, 1.82) is 0 Å². The highest BCUT2D eigenvalue weighted by Gasteiger charge is 2.37. The fraction of sp³-hybridized carbons (Fsp3) is 0.455. The van der Waals surface area contributed by atoms with Crippen LogP contribution >= 0.6 is 0 Å². The maximum Gasteiger partial charge on any atom is 0.229 e. The van der Waals surface area contributed by atoms with E-state index in [1.165, 1.54) is 11.4 Å². The van der Waals surface area contributed by atoms with Gasteiger partial charge >= 0.3 is 0 Å². The number of anilines is 6. The molecule has 302 valence electrons. The summed E-state index contributed by atoms with van der Waals surface area (Å²) in [7, 11) is 4.43. The summed E-state index contributed by atoms with van der Waals surface area (Å²) in [6.07, 6.45) is 12.9. The van der Waals surface area contributed by atoms with E-state index in [-0.39, 0.29) is 18.3 Å². The number of hydrogen-bond acceptors (Lipinski definition) is 12. The largest absolute Gasteiger partial charge is 0.376 e. The second kappa shape index (κ2) is 16.2. The summed E-state index contributed by atoms with van der Waals surface area (Å²) in [6.45, 7) is 9.53. The lowest BCUT2D eigenvalue weighted by Crippen LogP contribution is -2.56. The number of fused-ring (bicyclic) bond motifs is 2. The zero-order valence-electron chi connectivity index (χ0n) is 33.6. The normalized spacial score (nSPS) is 23.3. The third-order valence-corrected chi connectivity index (χ3v) is 12.6. The fourth-order valence-corrected chi connectivity index (χ4v) is 9.13. The molecular formula is C44H54N12O2. The molecule has 0 radical (unpaired) electrons. The molecule has 58 heavy (non-hydrogen) atoms. The summed E-state index contributed by atoms with van der Waals surface area (Å²) in [6, 6.07) is 21.7. The van der Waals surface area contributed by atoms with Gasteiger partial charge in [0.15, 0.2) is 0 Å². The predicted octanol–water partition coefficient (Wildman–Crippen LogP) is 5.96. The molecule has 0 bridgehead atoms. The number of hydrogen-bond donors (Lipinski definition) is 2. The molecule has 6 aromatic rings. The lowest BCUT2D eigenvalue weighted by molar-refractivity contribution is -0.0147. The first-order chi connectivity index (χ1) is 28.5. The molecule has 4 atom stereocenters. The Labute approximate surface area is 339 Å². The Balaban J connectivity index is 0.755. The van der Waals surface area contributed by atoms with Crippen LogP contribution in [0.5, 0.6) is 0 Å². The number of ether oxygens (including phenoxy) is 2. The van der Waals surface area contributed by atoms with Crippen molar-refractivity contribution in [3.63, 3.8) is 0 Å². The number of aromatic nitrogens is 6. The molecule has 0 aliphatic carbocycles. The van der Waals surface area contributed by atoms with Crippen LogP contribution in [-0.2, 0) is 22.6 Å². The summed E-state index contributed by atoms with van der Waals surface area (Å²) < 4.78 is 17.1. The molecular weight excluding hydrogens is 729 g/mol. The lowest BCUT2D eigenvalue weighted by Gasteiger charge is -2.43. The molecule has 14 heteroatoms. The van der Waals surface area contributed by atoms with Gasteiger partial charge in [0, 0.05) is 111 Å². The molecule has 8 heterocycles. The highest BCUT2D eigenvalue weighted by atomic mass is 16.5. The zero-order valence-corrected chi connectivity index (χ0v) is 33.6. The molecule has 0 spiro atoms. The van der Waals surface area contributed by atoms with Crippen molar-refractivity contribution in [3.8, 4) is 0 Å². The van der Waals surface area contributed by atoms with Crippen LogP contribution in [0.3, 0.4) is 0 Å². The topological polar surface area (TPSA) is 117 Å². The number of nitrogens with one attached hydrogen (secondary N) is 2. The van der Waals surface area contributed by atoms with E-state index >= 15 is 0 Å². The van der Waals surface area contributed by atoms with Crippen molar-refractivity contribution in [3.05, 3.63) is 85.5 Å². The second-order valence-electron chi connectivity index (χ2n) is 16.5. The molecule has 4 fully saturated rings. The van der Waals surface area contributed by atoms with Gasteiger partial charge in [0.05, 0.1) is 37.4 Å². The lowest BCUT2D eigenvalue weighted by atomic mass is 10.0. The molecule has 2 aromatic carbocycles. The molecule has 4 aliphatic rings. The molecule has 10 rings (SSSR count). The van der Waals surface area contributed by atoms with Gasteiger partial charge in [-0.1, -0.05) is 6.07 Å². The predicted molar refractivity (Wildman–Crippen MR) is 230 cm³/mol. The number of nitrogens with zero attached hydrogens (tertiary/aromatic N) is 10. The van der Waals surface area contributed by atoms with Crippen molar-refractivity contribution < 1.29 is 9.47 Å². The number of likely N-dealkylation sites (N-methyl/N-ethyl adjacent to an activating group) is 2. The van der Waals surface area contributed by atoms with Gasteiger partial charge in [-0.3, -0.25) is 4.90 Å². The number of rotatable bonds is 11. The molecule has 4 saturated heterocycles. The van der Waals surface area contributed by atoms with Crippen molar-refractivity contribution in [2.24, 2.45) is 0 Å². The monoisotopic (exact) mass is 782 g/mol. The molecule has 2 N–H and O–H groups in total. The second-order valence-corrected chi connectivity index (χ2v) is 16.5. The molecule has 4 aromatic heterocycles. The van der Waals surface area contributed by atoms with Gasteiger partial charge in [0.25, 0.3) is 0 Å². The van der Waals surface area contributed by atoms with Crippen LogP contribution < -0.4 is 20.4 Å². The van der Waals surface area contributed by atoms with Crippen LogP contribution in [0.1, 0.15) is 25.7 Å². The Morgan fingerprint density at radius 3 is 2.07 bits per heavy atom. The van der Waals surface area contributed by atoms with Gasteiger partial charge in [-0.15, -0.1) is 0 Å². The standard InChI is InChI=1S/C44H54N12O2/c1-51-18-21-53(22-19-51)36-6-3-5-34(25-36)48-44-46-27-32-15-17-56(42(32)50-44)29-38-12-13-40(58-38)39-30-54(23-20-52(39)2)35-10-8-33(9-11-35)47-43-45-26-31-14-16-55(41(31)49-43)28-37-7-4-24-57-37/h3,5-6,8-11,14-17,25-27,37-40H,4,7,12-13,18-24,28-30H2,1-2H3,(H,45,47,49)(H,46,48,50). The Morgan fingerprint density at radius 1 is 0.672 bits per heavy atom. The van der Waals surface area contributed by atoms with Crippen molar-refractivity contribution >= 4 is 56.7 Å². The Hall–Kier alpha value is -5.28. The fourth-order valence-electron chi connectivity index (χ4n) is 9.13. The first kappa shape index (κ1) is 37.0. The maximum atomic E-state index is 6.85. The minimum Gasteiger partial charge on any atom is -0.376 e. The van der Waals surface area contributed by atoms with E-state index in [1.807, 2.05) is 12.4 Å². The number of piperazine rings is 2. The molecule has 0 amide bonds. The minimum atomic E-state index is 0.127. The first-order valence-electron chi connectivity index (χ1n) is 21.0. The van der Waals surface area contributed by atoms with Crippen molar-refractivity contribution in [1.82, 2.24) is 38.9 Å². The highest BCUT2D eigenvalue weighted by Crippen LogP contribution is 2.31. The van der Waals surface area contributed by atoms with Gasteiger partial charge < -0.3 is 43.9 Å². The van der Waals surface area contributed by atoms with E-state index < -0.39 is 0 Å². The van der Waals surface area contributed by atoms with E-state index in [0.29, 0.717) is 17.9 Å². The average Bonchev–Trinajstić information content (AvgIpc) is 4.09. The molecule has 4 unspecified atom stereocenters. The van der Waals surface area contributed by atoms with Gasteiger partial charge in [0.1, 0.15) is 11.3 Å². The SMILES string of the molecule is CN1CCN(c2cccc(Nc3ncc4ccn(CC5CCC(C6CN(c7ccc(Nc8ncc9ccn(CC%10CCCO%10)c9n8)cc7)CCN6C)O5)c4n3)c2)CC1. The summed E-state index contributed by atoms with van der Waals surface area (Å²) in [5.74, 6) is 1.20. The molecule has 4 aliphatic heterocycles. The maximum absolute atomic E-state index is 6.85. The summed E-state index contributed by atoms with van der Waals surface area (Å²) >= 11 is 0. The van der Waals surface area contributed by atoms with E-state index in [4.69, 9.17) is 19.4 Å². The van der Waals surface area contributed by atoms with Gasteiger partial charge in [-0.25, -0.2) is 9.97 Å². The molecule has 0 saturated carbocycles. The Kier molecular flexibility index (Phi) is 10.3. The Morgan fingerprint density at radius 2 is 1.36 bits per heavy atom. The van der Waals surface area contributed by atoms with Crippen molar-refractivity contribution in [2.75, 3.05) is 86.9 Å². The van der Waals surface area contributed by atoms with Gasteiger partial charge in [-0.05, 0) is 94.4 Å². The van der Waals surface area contributed by atoms with Crippen LogP contribution in [0.25, 0.3) is 22.1 Å². The van der Waals surface area contributed by atoms with Crippen LogP contribution in [0.2, 0.25) is 0 Å². The van der Waals surface area contributed by atoms with Crippen LogP contribution in [0.4, 0.5) is 34.6 Å². The van der Waals surface area contributed by atoms with E-state index in [1.54, 1.807) is 0 Å². The Bertz CT molecular complexity index is 2330. The average molecular weight is 783 g/mol. The summed E-state index contributed by atoms with van der Waals surface area (Å²) in [5, 5.41) is 8.97. The smallest absolute Gasteiger partial charge is 0.229 e. The third kappa shape index (κ3) is 7.93. The summed E-state index contributed by atoms with van der Waals surface area (Å²) in [5.41, 5.74) is 6.26. The summed E-state index contributed by atoms with van der Waals surface area (Å²) in [4.78, 5) is 28.9. The number of benzene rings is 2. The van der Waals surface area contributed by atoms with E-state index in [0.717, 1.165) is 125 Å². The van der Waals surface area contributed by atoms with Gasteiger partial charge in [0.2, 0.25) is 11.9 Å². The van der Waals surface area contributed by atoms with Crippen LogP contribution in [0.15, 0.2) is 85.5 Å². The van der Waals surface area contributed by atoms with E-state index in [2.05, 4.69) is 136 Å². The third-order valence-electron chi connectivity index (χ3n) is 12.6. The first-order valence-corrected chi connectivity index (χ1v) is 21.0. The van der Waals surface area contributed by atoms with Crippen LogP contribution in [0, 0.1) is 0 Å². The minimum absolute atomic E-state index is 0.127. The van der Waals surface area contributed by atoms with E-state index in [9.17, 15) is 0 Å². The highest BCUT2D eigenvalue weighted by molar-refractivity contribution is 5.78. The molecule has 14 nitrogen and oxygen atoms in total. The van der Waals surface area contributed by atoms with Gasteiger partial charge in [-0.2, -0.15) is 9.97 Å².